The van der Waals surface area contributed by atoms with Crippen LogP contribution in [0.2, 0.25) is 0 Å². The largest absolute Gasteiger partial charge is 0.497 e. The van der Waals surface area contributed by atoms with Gasteiger partial charge in [0.25, 0.3) is 0 Å². The van der Waals surface area contributed by atoms with Crippen molar-refractivity contribution in [2.24, 2.45) is 0 Å². The zero-order valence-electron chi connectivity index (χ0n) is 11.3. The number of allylic oxidation sites excluding steroid dienone is 2. The Morgan fingerprint density at radius 1 is 1.37 bits per heavy atom. The van der Waals surface area contributed by atoms with Crippen molar-refractivity contribution in [1.82, 2.24) is 0 Å². The van der Waals surface area contributed by atoms with E-state index in [-0.39, 0.29) is 6.23 Å². The van der Waals surface area contributed by atoms with Gasteiger partial charge in [-0.1, -0.05) is 0 Å². The molecule has 1 aliphatic rings. The van der Waals surface area contributed by atoms with Gasteiger partial charge >= 0.3 is 0 Å². The fraction of sp³-hybridized carbons (Fsp3) is 0.400. The van der Waals surface area contributed by atoms with E-state index in [1.807, 2.05) is 42.2 Å². The van der Waals surface area contributed by atoms with E-state index < -0.39 is 0 Å². The van der Waals surface area contributed by atoms with E-state index >= 15 is 0 Å². The Bertz CT molecular complexity index is 488. The number of rotatable bonds is 4. The summed E-state index contributed by atoms with van der Waals surface area (Å²) in [4.78, 5) is 1.95. The summed E-state index contributed by atoms with van der Waals surface area (Å²) in [6, 6.07) is 9.92. The van der Waals surface area contributed by atoms with E-state index in [9.17, 15) is 5.26 Å². The number of anilines is 1. The predicted molar refractivity (Wildman–Crippen MR) is 73.8 cm³/mol. The summed E-state index contributed by atoms with van der Waals surface area (Å²) in [5.41, 5.74) is 1.60. The van der Waals surface area contributed by atoms with Crippen LogP contribution in [0.4, 0.5) is 5.69 Å². The Morgan fingerprint density at radius 3 is 2.68 bits per heavy atom. The monoisotopic (exact) mass is 258 g/mol. The fourth-order valence-electron chi connectivity index (χ4n) is 2.24. The number of hydrogen-bond acceptors (Lipinski definition) is 4. The van der Waals surface area contributed by atoms with Crippen LogP contribution in [-0.2, 0) is 4.74 Å². The molecule has 1 aliphatic heterocycles. The molecule has 0 amide bonds. The molecule has 0 fully saturated rings. The van der Waals surface area contributed by atoms with E-state index in [1.165, 1.54) is 0 Å². The van der Waals surface area contributed by atoms with Gasteiger partial charge in [-0.15, -0.1) is 0 Å². The quantitative estimate of drug-likeness (QED) is 0.832. The average Bonchev–Trinajstić information content (AvgIpc) is 2.47. The summed E-state index contributed by atoms with van der Waals surface area (Å²) in [5.74, 6) is 0.802. The summed E-state index contributed by atoms with van der Waals surface area (Å²) in [6.45, 7) is 2.60. The van der Waals surface area contributed by atoms with Crippen LogP contribution < -0.4 is 9.64 Å². The molecule has 4 nitrogen and oxygen atoms in total. The van der Waals surface area contributed by atoms with E-state index in [2.05, 4.69) is 6.07 Å². The van der Waals surface area contributed by atoms with Gasteiger partial charge in [0.15, 0.2) is 0 Å². The van der Waals surface area contributed by atoms with E-state index in [0.717, 1.165) is 24.3 Å². The molecule has 100 valence electrons. The summed E-state index contributed by atoms with van der Waals surface area (Å²) < 4.78 is 10.9. The highest BCUT2D eigenvalue weighted by Gasteiger charge is 2.25. The maximum atomic E-state index is 9.27. The Balaban J connectivity index is 2.32. The molecule has 1 aromatic carbocycles. The lowest BCUT2D eigenvalue weighted by Crippen LogP contribution is -2.38. The lowest BCUT2D eigenvalue weighted by molar-refractivity contribution is 0.0571. The topological polar surface area (TPSA) is 45.5 Å². The lowest BCUT2D eigenvalue weighted by Gasteiger charge is -2.35. The molecule has 2 rings (SSSR count). The summed E-state index contributed by atoms with van der Waals surface area (Å²) >= 11 is 0. The average molecular weight is 258 g/mol. The molecule has 1 atom stereocenters. The third-order valence-electron chi connectivity index (χ3n) is 3.12. The molecule has 0 bridgehead atoms. The Labute approximate surface area is 113 Å². The van der Waals surface area contributed by atoms with Crippen molar-refractivity contribution in [2.45, 2.75) is 26.0 Å². The summed E-state index contributed by atoms with van der Waals surface area (Å²) in [5, 5.41) is 9.27. The normalized spacial score (nSPS) is 18.7. The number of nitriles is 1. The fourth-order valence-corrected chi connectivity index (χ4v) is 2.24. The molecular weight excluding hydrogens is 240 g/mol. The highest BCUT2D eigenvalue weighted by atomic mass is 16.5. The van der Waals surface area contributed by atoms with Crippen molar-refractivity contribution >= 4 is 5.69 Å². The van der Waals surface area contributed by atoms with E-state index in [1.54, 1.807) is 7.11 Å². The molecule has 19 heavy (non-hydrogen) atoms. The molecule has 0 N–H and O–H groups in total. The van der Waals surface area contributed by atoms with Crippen LogP contribution in [0.15, 0.2) is 36.0 Å². The minimum Gasteiger partial charge on any atom is -0.497 e. The minimum atomic E-state index is -0.0713. The Morgan fingerprint density at radius 2 is 2.11 bits per heavy atom. The van der Waals surface area contributed by atoms with Crippen molar-refractivity contribution in [1.29, 1.82) is 5.26 Å². The van der Waals surface area contributed by atoms with E-state index in [4.69, 9.17) is 9.47 Å². The first-order chi connectivity index (χ1) is 9.30. The summed E-state index contributed by atoms with van der Waals surface area (Å²) in [7, 11) is 1.64. The maximum Gasteiger partial charge on any atom is 0.135 e. The second kappa shape index (κ2) is 6.26. The zero-order valence-corrected chi connectivity index (χ0v) is 11.3. The maximum absolute atomic E-state index is 9.27. The second-order valence-electron chi connectivity index (χ2n) is 4.26. The highest BCUT2D eigenvalue weighted by molar-refractivity contribution is 5.58. The first-order valence-corrected chi connectivity index (χ1v) is 6.45. The summed E-state index contributed by atoms with van der Waals surface area (Å²) in [6.07, 6.45) is 3.66. The smallest absolute Gasteiger partial charge is 0.135 e. The van der Waals surface area contributed by atoms with Crippen LogP contribution in [-0.4, -0.2) is 19.9 Å². The number of methoxy groups -OCH3 is 1. The van der Waals surface area contributed by atoms with Gasteiger partial charge in [0.2, 0.25) is 0 Å². The number of nitrogens with zero attached hydrogens (tertiary/aromatic N) is 2. The first-order valence-electron chi connectivity index (χ1n) is 6.45. The first kappa shape index (κ1) is 13.4. The number of hydrogen-bond donors (Lipinski definition) is 0. The SMILES string of the molecule is CCOC1CCC=C(C#N)N1c1ccc(OC)cc1. The van der Waals surface area contributed by atoms with Crippen LogP contribution in [0.1, 0.15) is 19.8 Å². The van der Waals surface area contributed by atoms with Crippen molar-refractivity contribution in [2.75, 3.05) is 18.6 Å². The van der Waals surface area contributed by atoms with Crippen LogP contribution in [0.25, 0.3) is 0 Å². The number of ether oxygens (including phenoxy) is 2. The molecule has 0 aromatic heterocycles. The van der Waals surface area contributed by atoms with Gasteiger partial charge in [0.05, 0.1) is 7.11 Å². The van der Waals surface area contributed by atoms with E-state index in [0.29, 0.717) is 12.3 Å². The van der Waals surface area contributed by atoms with Crippen LogP contribution in [0.5, 0.6) is 5.75 Å². The third-order valence-corrected chi connectivity index (χ3v) is 3.12. The molecule has 0 aliphatic carbocycles. The molecule has 4 heteroatoms. The van der Waals surface area contributed by atoms with Gasteiger partial charge in [0.1, 0.15) is 23.7 Å². The van der Waals surface area contributed by atoms with Gasteiger partial charge in [-0.25, -0.2) is 0 Å². The number of benzene rings is 1. The van der Waals surface area contributed by atoms with Gasteiger partial charge in [0, 0.05) is 12.3 Å². The Kier molecular flexibility index (Phi) is 4.43. The predicted octanol–water partition coefficient (Wildman–Crippen LogP) is 3.07. The standard InChI is InChI=1S/C15H18N2O2/c1-3-19-15-6-4-5-13(11-16)17(15)12-7-9-14(18-2)10-8-12/h5,7-10,15H,3-4,6H2,1-2H3. The van der Waals surface area contributed by atoms with Gasteiger partial charge in [-0.3, -0.25) is 0 Å². The second-order valence-corrected chi connectivity index (χ2v) is 4.26. The molecule has 0 saturated carbocycles. The zero-order chi connectivity index (χ0) is 13.7. The van der Waals surface area contributed by atoms with Crippen molar-refractivity contribution < 1.29 is 9.47 Å². The van der Waals surface area contributed by atoms with Gasteiger partial charge < -0.3 is 14.4 Å². The Hall–Kier alpha value is -1.99. The minimum absolute atomic E-state index is 0.0713. The molecular formula is C15H18N2O2. The van der Waals surface area contributed by atoms with Crippen LogP contribution >= 0.6 is 0 Å². The van der Waals surface area contributed by atoms with Crippen molar-refractivity contribution in [3.63, 3.8) is 0 Å². The van der Waals surface area contributed by atoms with Crippen molar-refractivity contribution in [3.8, 4) is 11.8 Å². The molecule has 1 aromatic rings. The molecule has 1 unspecified atom stereocenters. The highest BCUT2D eigenvalue weighted by Crippen LogP contribution is 2.30. The molecule has 1 heterocycles. The molecule has 0 radical (unpaired) electrons. The molecule has 0 saturated heterocycles. The van der Waals surface area contributed by atoms with Gasteiger partial charge in [-0.2, -0.15) is 5.26 Å². The van der Waals surface area contributed by atoms with Crippen LogP contribution in [0, 0.1) is 11.3 Å². The van der Waals surface area contributed by atoms with Crippen molar-refractivity contribution in [3.05, 3.63) is 36.0 Å². The van der Waals surface area contributed by atoms with Gasteiger partial charge in [-0.05, 0) is 50.1 Å². The van der Waals surface area contributed by atoms with Crippen LogP contribution in [0.3, 0.4) is 0 Å². The third kappa shape index (κ3) is 2.88. The molecule has 0 spiro atoms. The lowest BCUT2D eigenvalue weighted by atomic mass is 10.1.